The van der Waals surface area contributed by atoms with E-state index in [4.69, 9.17) is 17.2 Å². The second kappa shape index (κ2) is 16.5. The van der Waals surface area contributed by atoms with Gasteiger partial charge in [-0.05, 0) is 17.8 Å². The average molecular weight is 545 g/mol. The minimum atomic E-state index is -1.18. The van der Waals surface area contributed by atoms with E-state index in [1.54, 1.807) is 41.5 Å². The van der Waals surface area contributed by atoms with Gasteiger partial charge in [0.1, 0.15) is 0 Å². The maximum absolute atomic E-state index is 9.90. The van der Waals surface area contributed by atoms with Crippen molar-refractivity contribution < 1.29 is 52.1 Å². The standard InChI is InChI=1S/3C5H11NO2.Au/c3*1-3(2)4(6)5(7)8;/h3*3-4H,6H2,1-2H3,(H,7,8);/q;;;+3/p-3/t3*4-;/m000./s1. The van der Waals surface area contributed by atoms with Crippen molar-refractivity contribution >= 4 is 17.9 Å². The van der Waals surface area contributed by atoms with Crippen molar-refractivity contribution in [1.29, 1.82) is 0 Å². The van der Waals surface area contributed by atoms with Crippen LogP contribution in [0.15, 0.2) is 0 Å². The topological polar surface area (TPSA) is 198 Å². The van der Waals surface area contributed by atoms with Crippen molar-refractivity contribution in [3.05, 3.63) is 0 Å². The molecule has 0 amide bonds. The molecule has 3 atom stereocenters. The summed E-state index contributed by atoms with van der Waals surface area (Å²) in [6.45, 7) is 10.4. The van der Waals surface area contributed by atoms with Gasteiger partial charge >= 0.3 is 22.4 Å². The molecule has 0 aliphatic carbocycles. The molecule has 152 valence electrons. The number of carbonyl (C=O) groups is 3. The van der Waals surface area contributed by atoms with Crippen molar-refractivity contribution in [1.82, 2.24) is 0 Å². The molecule has 0 aliphatic heterocycles. The number of rotatable bonds is 6. The molecular formula is C15H30AuN3O6. The molecule has 0 aromatic carbocycles. The SMILES string of the molecule is CC(C)[C@H](N)C(=O)[O-].CC(C)[C@H](N)C(=O)[O-].CC(C)[C@H](N)C(=O)[O-].[Au+3]. The summed E-state index contributed by atoms with van der Waals surface area (Å²) in [5.74, 6) is -3.67. The van der Waals surface area contributed by atoms with Crippen LogP contribution in [0.5, 0.6) is 0 Å². The van der Waals surface area contributed by atoms with Crippen molar-refractivity contribution in [3.8, 4) is 0 Å². The largest absolute Gasteiger partial charge is 3.00 e. The molecule has 9 nitrogen and oxygen atoms in total. The van der Waals surface area contributed by atoms with Gasteiger partial charge in [-0.1, -0.05) is 41.5 Å². The van der Waals surface area contributed by atoms with E-state index < -0.39 is 36.0 Å². The summed E-state index contributed by atoms with van der Waals surface area (Å²) in [5.41, 5.74) is 15.3. The van der Waals surface area contributed by atoms with Crippen LogP contribution in [0, 0.1) is 17.8 Å². The first-order valence-corrected chi connectivity index (χ1v) is 7.55. The first-order valence-electron chi connectivity index (χ1n) is 7.55. The molecule has 0 unspecified atom stereocenters. The van der Waals surface area contributed by atoms with Crippen molar-refractivity contribution in [2.75, 3.05) is 0 Å². The predicted octanol–water partition coefficient (Wildman–Crippen LogP) is -3.84. The van der Waals surface area contributed by atoms with E-state index >= 15 is 0 Å². The van der Waals surface area contributed by atoms with Gasteiger partial charge in [-0.3, -0.25) is 0 Å². The first kappa shape index (κ1) is 31.8. The van der Waals surface area contributed by atoms with Crippen LogP contribution in [0.4, 0.5) is 0 Å². The summed E-state index contributed by atoms with van der Waals surface area (Å²) >= 11 is 0. The van der Waals surface area contributed by atoms with Crippen LogP contribution >= 0.6 is 0 Å². The van der Waals surface area contributed by atoms with Gasteiger partial charge in [0.15, 0.2) is 0 Å². The molecule has 0 saturated heterocycles. The van der Waals surface area contributed by atoms with Gasteiger partial charge in [0.2, 0.25) is 0 Å². The van der Waals surface area contributed by atoms with E-state index in [2.05, 4.69) is 0 Å². The van der Waals surface area contributed by atoms with Crippen LogP contribution < -0.4 is 32.5 Å². The van der Waals surface area contributed by atoms with Crippen LogP contribution in [0.3, 0.4) is 0 Å². The smallest absolute Gasteiger partial charge is 0.548 e. The predicted molar refractivity (Wildman–Crippen MR) is 83.5 cm³/mol. The number of aliphatic carboxylic acids is 3. The van der Waals surface area contributed by atoms with Crippen LogP contribution in [0.25, 0.3) is 0 Å². The quantitative estimate of drug-likeness (QED) is 0.280. The Hall–Kier alpha value is -0.970. The van der Waals surface area contributed by atoms with Gasteiger partial charge in [0, 0.05) is 18.1 Å². The molecule has 0 aliphatic rings. The Balaban J connectivity index is -0.000000130. The normalized spacial score (nSPS) is 13.4. The third-order valence-electron chi connectivity index (χ3n) is 2.97. The van der Waals surface area contributed by atoms with Gasteiger partial charge in [-0.25, -0.2) is 0 Å². The summed E-state index contributed by atoms with van der Waals surface area (Å²) in [4.78, 5) is 29.7. The Kier molecular flexibility index (Phi) is 21.0. The molecule has 6 N–H and O–H groups in total. The van der Waals surface area contributed by atoms with E-state index in [9.17, 15) is 29.7 Å². The van der Waals surface area contributed by atoms with Crippen LogP contribution in [-0.2, 0) is 36.8 Å². The number of hydrogen-bond acceptors (Lipinski definition) is 9. The second-order valence-electron chi connectivity index (χ2n) is 6.27. The zero-order valence-corrected chi connectivity index (χ0v) is 17.6. The Morgan fingerprint density at radius 3 is 0.680 bits per heavy atom. The Labute approximate surface area is 164 Å². The van der Waals surface area contributed by atoms with Crippen LogP contribution in [0.2, 0.25) is 0 Å². The van der Waals surface area contributed by atoms with Crippen molar-refractivity contribution in [3.63, 3.8) is 0 Å². The number of nitrogens with two attached hydrogens (primary N) is 3. The third kappa shape index (κ3) is 19.2. The molecule has 0 radical (unpaired) electrons. The molecular weight excluding hydrogens is 515 g/mol. The first-order chi connectivity index (χ1) is 10.7. The molecule has 0 aromatic rings. The van der Waals surface area contributed by atoms with Crippen LogP contribution in [-0.4, -0.2) is 36.0 Å². The van der Waals surface area contributed by atoms with Crippen molar-refractivity contribution in [2.45, 2.75) is 59.7 Å². The van der Waals surface area contributed by atoms with E-state index in [0.29, 0.717) is 0 Å². The fourth-order valence-corrected chi connectivity index (χ4v) is 0.816. The Morgan fingerprint density at radius 1 is 0.560 bits per heavy atom. The molecule has 0 aromatic heterocycles. The summed E-state index contributed by atoms with van der Waals surface area (Å²) in [6, 6.07) is -2.47. The van der Waals surface area contributed by atoms with Gasteiger partial charge in [-0.2, -0.15) is 0 Å². The van der Waals surface area contributed by atoms with E-state index in [0.717, 1.165) is 0 Å². The number of carbonyl (C=O) groups excluding carboxylic acids is 3. The summed E-state index contributed by atoms with van der Waals surface area (Å²) in [7, 11) is 0. The fraction of sp³-hybridized carbons (Fsp3) is 0.800. The molecule has 0 bridgehead atoms. The van der Waals surface area contributed by atoms with E-state index in [1.807, 2.05) is 0 Å². The number of carboxylic acids is 3. The molecule has 0 rings (SSSR count). The number of carboxylic acid groups (broad SMARTS) is 3. The minimum Gasteiger partial charge on any atom is -0.548 e. The van der Waals surface area contributed by atoms with Crippen molar-refractivity contribution in [2.24, 2.45) is 35.0 Å². The van der Waals surface area contributed by atoms with Gasteiger partial charge in [0.05, 0.1) is 17.9 Å². The molecule has 0 saturated carbocycles. The monoisotopic (exact) mass is 545 g/mol. The van der Waals surface area contributed by atoms with Gasteiger partial charge in [-0.15, -0.1) is 0 Å². The fourth-order valence-electron chi connectivity index (χ4n) is 0.816. The zero-order valence-electron chi connectivity index (χ0n) is 15.4. The maximum Gasteiger partial charge on any atom is 3.00 e. The molecule has 0 heterocycles. The number of hydrogen-bond donors (Lipinski definition) is 3. The van der Waals surface area contributed by atoms with Gasteiger partial charge < -0.3 is 46.9 Å². The zero-order chi connectivity index (χ0) is 20.2. The summed E-state index contributed by atoms with van der Waals surface area (Å²) < 4.78 is 0. The van der Waals surface area contributed by atoms with Crippen LogP contribution in [0.1, 0.15) is 41.5 Å². The molecule has 10 heteroatoms. The minimum absolute atomic E-state index is 0. The van der Waals surface area contributed by atoms with E-state index in [1.165, 1.54) is 0 Å². The summed E-state index contributed by atoms with van der Waals surface area (Å²) in [6.07, 6.45) is 0. The van der Waals surface area contributed by atoms with Gasteiger partial charge in [0.25, 0.3) is 0 Å². The molecule has 25 heavy (non-hydrogen) atoms. The Bertz CT molecular complexity index is 334. The average Bonchev–Trinajstić information content (AvgIpc) is 2.45. The third-order valence-corrected chi connectivity index (χ3v) is 2.97. The maximum atomic E-state index is 9.90. The summed E-state index contributed by atoms with van der Waals surface area (Å²) in [5, 5.41) is 29.7. The molecule has 0 fully saturated rings. The Morgan fingerprint density at radius 2 is 0.680 bits per heavy atom. The van der Waals surface area contributed by atoms with E-state index in [-0.39, 0.29) is 40.1 Å². The second-order valence-corrected chi connectivity index (χ2v) is 6.27. The molecule has 0 spiro atoms.